The standard InChI is InChI=1S/C17H23N3O6/c1-11(16(22)19-12-4-2-3-5-12)26-17(23)14-10-13(20(24)25)6-7-15(14)18-8-9-21/h6-7,10-12,18,21H,2-5,8-9H2,1H3,(H,19,22)/t11-/m0/s1. The van der Waals surface area contributed by atoms with Crippen molar-refractivity contribution in [1.29, 1.82) is 0 Å². The lowest BCUT2D eigenvalue weighted by molar-refractivity contribution is -0.384. The maximum Gasteiger partial charge on any atom is 0.341 e. The van der Waals surface area contributed by atoms with E-state index >= 15 is 0 Å². The number of nitro benzene ring substituents is 1. The van der Waals surface area contributed by atoms with E-state index in [-0.39, 0.29) is 42.0 Å². The van der Waals surface area contributed by atoms with Gasteiger partial charge >= 0.3 is 5.97 Å². The van der Waals surface area contributed by atoms with Gasteiger partial charge in [-0.25, -0.2) is 4.79 Å². The Morgan fingerprint density at radius 2 is 2.08 bits per heavy atom. The number of rotatable bonds is 8. The van der Waals surface area contributed by atoms with Gasteiger partial charge in [-0.3, -0.25) is 14.9 Å². The molecule has 0 aliphatic heterocycles. The highest BCUT2D eigenvalue weighted by Gasteiger charge is 2.25. The summed E-state index contributed by atoms with van der Waals surface area (Å²) in [4.78, 5) is 34.9. The summed E-state index contributed by atoms with van der Waals surface area (Å²) in [6, 6.07) is 3.80. The summed E-state index contributed by atoms with van der Waals surface area (Å²) in [6.07, 6.45) is 2.92. The second-order valence-corrected chi connectivity index (χ2v) is 6.17. The van der Waals surface area contributed by atoms with Crippen LogP contribution in [0.25, 0.3) is 0 Å². The first kappa shape index (κ1) is 19.6. The fraction of sp³-hybridized carbons (Fsp3) is 0.529. The number of aliphatic hydroxyl groups excluding tert-OH is 1. The number of carbonyl (C=O) groups excluding carboxylic acids is 2. The van der Waals surface area contributed by atoms with Gasteiger partial charge in [-0.15, -0.1) is 0 Å². The van der Waals surface area contributed by atoms with Gasteiger partial charge in [0.1, 0.15) is 0 Å². The zero-order chi connectivity index (χ0) is 19.1. The van der Waals surface area contributed by atoms with Crippen LogP contribution in [0.1, 0.15) is 43.0 Å². The Hall–Kier alpha value is -2.68. The van der Waals surface area contributed by atoms with E-state index in [2.05, 4.69) is 10.6 Å². The first-order valence-electron chi connectivity index (χ1n) is 8.57. The minimum absolute atomic E-state index is 0.0619. The Labute approximate surface area is 150 Å². The van der Waals surface area contributed by atoms with Gasteiger partial charge < -0.3 is 20.5 Å². The van der Waals surface area contributed by atoms with Crippen molar-refractivity contribution < 1.29 is 24.4 Å². The molecule has 0 heterocycles. The Kier molecular flexibility index (Phi) is 6.90. The topological polar surface area (TPSA) is 131 Å². The maximum atomic E-state index is 12.4. The molecule has 1 fully saturated rings. The molecule has 2 rings (SSSR count). The lowest BCUT2D eigenvalue weighted by Crippen LogP contribution is -2.40. The molecule has 1 aromatic rings. The van der Waals surface area contributed by atoms with Crippen LogP contribution in [0.3, 0.4) is 0 Å². The fourth-order valence-corrected chi connectivity index (χ4v) is 2.83. The van der Waals surface area contributed by atoms with E-state index in [9.17, 15) is 19.7 Å². The Morgan fingerprint density at radius 1 is 1.38 bits per heavy atom. The molecule has 142 valence electrons. The SMILES string of the molecule is C[C@H](OC(=O)c1cc([N+](=O)[O-])ccc1NCCO)C(=O)NC1CCCC1. The van der Waals surface area contributed by atoms with Crippen LogP contribution >= 0.6 is 0 Å². The summed E-state index contributed by atoms with van der Waals surface area (Å²) in [6.45, 7) is 1.45. The van der Waals surface area contributed by atoms with E-state index in [1.165, 1.54) is 19.1 Å². The van der Waals surface area contributed by atoms with E-state index < -0.39 is 17.0 Å². The van der Waals surface area contributed by atoms with Crippen LogP contribution in [0.5, 0.6) is 0 Å². The lowest BCUT2D eigenvalue weighted by atomic mass is 10.1. The molecule has 3 N–H and O–H groups in total. The van der Waals surface area contributed by atoms with E-state index in [1.54, 1.807) is 0 Å². The first-order valence-corrected chi connectivity index (χ1v) is 8.57. The van der Waals surface area contributed by atoms with E-state index in [4.69, 9.17) is 9.84 Å². The van der Waals surface area contributed by atoms with Crippen molar-refractivity contribution in [2.24, 2.45) is 0 Å². The number of ether oxygens (including phenoxy) is 1. The number of hydrogen-bond donors (Lipinski definition) is 3. The molecule has 1 saturated carbocycles. The number of benzene rings is 1. The third-order valence-corrected chi connectivity index (χ3v) is 4.22. The van der Waals surface area contributed by atoms with Crippen LogP contribution in [-0.2, 0) is 9.53 Å². The molecule has 9 nitrogen and oxygen atoms in total. The van der Waals surface area contributed by atoms with Crippen molar-refractivity contribution in [3.8, 4) is 0 Å². The van der Waals surface area contributed by atoms with Gasteiger partial charge in [0.25, 0.3) is 11.6 Å². The number of non-ortho nitro benzene ring substituents is 1. The number of carbonyl (C=O) groups is 2. The monoisotopic (exact) mass is 365 g/mol. The number of amides is 1. The van der Waals surface area contributed by atoms with Crippen molar-refractivity contribution in [1.82, 2.24) is 5.32 Å². The normalized spacial score (nSPS) is 15.3. The fourth-order valence-electron chi connectivity index (χ4n) is 2.83. The average molecular weight is 365 g/mol. The summed E-state index contributed by atoms with van der Waals surface area (Å²) in [7, 11) is 0. The van der Waals surface area contributed by atoms with Gasteiger partial charge in [-0.2, -0.15) is 0 Å². The van der Waals surface area contributed by atoms with Crippen molar-refractivity contribution in [2.75, 3.05) is 18.5 Å². The predicted octanol–water partition coefficient (Wildman–Crippen LogP) is 1.60. The summed E-state index contributed by atoms with van der Waals surface area (Å²) in [5.41, 5.74) is -0.0409. The van der Waals surface area contributed by atoms with Gasteiger partial charge in [0.2, 0.25) is 0 Å². The quantitative estimate of drug-likeness (QED) is 0.362. The van der Waals surface area contributed by atoms with Crippen LogP contribution < -0.4 is 10.6 Å². The van der Waals surface area contributed by atoms with Crippen LogP contribution in [0, 0.1) is 10.1 Å². The van der Waals surface area contributed by atoms with Crippen LogP contribution in [0.15, 0.2) is 18.2 Å². The molecular formula is C17H23N3O6. The molecule has 1 atom stereocenters. The van der Waals surface area contributed by atoms with E-state index in [0.717, 1.165) is 31.7 Å². The second kappa shape index (κ2) is 9.14. The van der Waals surface area contributed by atoms with Gasteiger partial charge in [-0.05, 0) is 25.8 Å². The molecule has 0 aromatic heterocycles. The van der Waals surface area contributed by atoms with Crippen molar-refractivity contribution in [3.05, 3.63) is 33.9 Å². The zero-order valence-corrected chi connectivity index (χ0v) is 14.6. The Balaban J connectivity index is 2.09. The first-order chi connectivity index (χ1) is 12.4. The molecule has 0 bridgehead atoms. The molecule has 1 aromatic carbocycles. The molecule has 9 heteroatoms. The van der Waals surface area contributed by atoms with E-state index in [1.807, 2.05) is 0 Å². The summed E-state index contributed by atoms with van der Waals surface area (Å²) in [5.74, 6) is -1.23. The number of anilines is 1. The molecule has 1 amide bonds. The lowest BCUT2D eigenvalue weighted by Gasteiger charge is -2.18. The largest absolute Gasteiger partial charge is 0.449 e. The molecule has 26 heavy (non-hydrogen) atoms. The number of nitrogens with one attached hydrogen (secondary N) is 2. The third kappa shape index (κ3) is 5.16. The smallest absolute Gasteiger partial charge is 0.341 e. The summed E-state index contributed by atoms with van der Waals surface area (Å²) in [5, 5.41) is 25.5. The second-order valence-electron chi connectivity index (χ2n) is 6.17. The number of hydrogen-bond acceptors (Lipinski definition) is 7. The molecular weight excluding hydrogens is 342 g/mol. The van der Waals surface area contributed by atoms with Crippen molar-refractivity contribution in [2.45, 2.75) is 44.8 Å². The number of nitro groups is 1. The third-order valence-electron chi connectivity index (χ3n) is 4.22. The number of aliphatic hydroxyl groups is 1. The Bertz CT molecular complexity index is 672. The molecule has 0 radical (unpaired) electrons. The van der Waals surface area contributed by atoms with Crippen molar-refractivity contribution >= 4 is 23.3 Å². The Morgan fingerprint density at radius 3 is 2.69 bits per heavy atom. The van der Waals surface area contributed by atoms with Gasteiger partial charge in [0.05, 0.1) is 17.1 Å². The number of nitrogens with zero attached hydrogens (tertiary/aromatic N) is 1. The minimum Gasteiger partial charge on any atom is -0.449 e. The summed E-state index contributed by atoms with van der Waals surface area (Å²) >= 11 is 0. The highest BCUT2D eigenvalue weighted by molar-refractivity contribution is 5.98. The molecule has 1 aliphatic carbocycles. The molecule has 0 unspecified atom stereocenters. The van der Waals surface area contributed by atoms with Crippen LogP contribution in [0.4, 0.5) is 11.4 Å². The van der Waals surface area contributed by atoms with Gasteiger partial charge in [0.15, 0.2) is 6.10 Å². The highest BCUT2D eigenvalue weighted by Crippen LogP contribution is 2.23. The molecule has 0 saturated heterocycles. The minimum atomic E-state index is -1.02. The zero-order valence-electron chi connectivity index (χ0n) is 14.6. The van der Waals surface area contributed by atoms with Gasteiger partial charge in [0, 0.05) is 30.4 Å². The predicted molar refractivity (Wildman–Crippen MR) is 93.9 cm³/mol. The van der Waals surface area contributed by atoms with Gasteiger partial charge in [-0.1, -0.05) is 12.8 Å². The summed E-state index contributed by atoms with van der Waals surface area (Å²) < 4.78 is 5.19. The van der Waals surface area contributed by atoms with Crippen molar-refractivity contribution in [3.63, 3.8) is 0 Å². The highest BCUT2D eigenvalue weighted by atomic mass is 16.6. The van der Waals surface area contributed by atoms with E-state index in [0.29, 0.717) is 0 Å². The molecule has 1 aliphatic rings. The maximum absolute atomic E-state index is 12.4. The average Bonchev–Trinajstić information content (AvgIpc) is 3.12. The van der Waals surface area contributed by atoms with Crippen LogP contribution in [0.2, 0.25) is 0 Å². The van der Waals surface area contributed by atoms with Crippen LogP contribution in [-0.4, -0.2) is 47.2 Å². The number of esters is 1. The molecule has 0 spiro atoms.